The summed E-state index contributed by atoms with van der Waals surface area (Å²) in [5, 5.41) is 8.74. The van der Waals surface area contributed by atoms with Crippen LogP contribution in [-0.4, -0.2) is 40.0 Å². The first-order chi connectivity index (χ1) is 16.3. The van der Waals surface area contributed by atoms with Gasteiger partial charge >= 0.3 is 0 Å². The number of fused-ring (bicyclic) bond motifs is 1. The van der Waals surface area contributed by atoms with Gasteiger partial charge in [0.2, 0.25) is 17.7 Å². The number of thioether (sulfide) groups is 1. The highest BCUT2D eigenvalue weighted by Gasteiger charge is 2.33. The molecule has 1 saturated heterocycles. The first kappa shape index (κ1) is 22.6. The van der Waals surface area contributed by atoms with Gasteiger partial charge in [-0.3, -0.25) is 14.9 Å². The molecule has 1 N–H and O–H groups in total. The number of nitrogens with zero attached hydrogens (tertiary/aromatic N) is 3. The highest BCUT2D eigenvalue weighted by atomic mass is 32.2. The lowest BCUT2D eigenvalue weighted by Crippen LogP contribution is -2.25. The van der Waals surface area contributed by atoms with Gasteiger partial charge in [0.15, 0.2) is 15.7 Å². The van der Waals surface area contributed by atoms with E-state index in [1.165, 1.54) is 6.07 Å². The minimum Gasteiger partial charge on any atom is -0.424 e. The maximum Gasteiger partial charge on any atom is 0.286 e. The molecule has 1 aliphatic rings. The van der Waals surface area contributed by atoms with Crippen LogP contribution in [0.1, 0.15) is 16.8 Å². The van der Waals surface area contributed by atoms with E-state index in [-0.39, 0.29) is 28.7 Å². The summed E-state index contributed by atoms with van der Waals surface area (Å²) in [6.45, 7) is 0. The van der Waals surface area contributed by atoms with E-state index in [2.05, 4.69) is 20.5 Å². The summed E-state index contributed by atoms with van der Waals surface area (Å²) in [6, 6.07) is 12.5. The van der Waals surface area contributed by atoms with Crippen LogP contribution >= 0.6 is 23.1 Å². The summed E-state index contributed by atoms with van der Waals surface area (Å²) in [4.78, 5) is 27.1. The molecular weight excluding hydrogens is 503 g/mol. The van der Waals surface area contributed by atoms with Gasteiger partial charge in [0.1, 0.15) is 27.3 Å². The molecule has 5 rings (SSSR count). The summed E-state index contributed by atoms with van der Waals surface area (Å²) in [5.41, 5.74) is 1.64. The Morgan fingerprint density at radius 3 is 2.53 bits per heavy atom. The Hall–Kier alpha value is -3.16. The van der Waals surface area contributed by atoms with Crippen molar-refractivity contribution in [2.75, 3.05) is 0 Å². The molecule has 34 heavy (non-hydrogen) atoms. The minimum atomic E-state index is -3.75. The van der Waals surface area contributed by atoms with Crippen LogP contribution in [0.4, 0.5) is 9.18 Å². The molecule has 3 heterocycles. The van der Waals surface area contributed by atoms with Crippen molar-refractivity contribution >= 4 is 54.3 Å². The SMILES string of the molecule is O=C1NC(=O)C(Cc2nnc(CS(=O)(=O)Cc3nc4c(F)cc(-c5ccccc5)cc4s3)o2)S1. The van der Waals surface area contributed by atoms with Gasteiger partial charge in [0.05, 0.1) is 4.70 Å². The third kappa shape index (κ3) is 4.86. The summed E-state index contributed by atoms with van der Waals surface area (Å²) in [5.74, 6) is -2.01. The van der Waals surface area contributed by atoms with Crippen molar-refractivity contribution in [1.29, 1.82) is 0 Å². The molecule has 0 aliphatic carbocycles. The molecule has 1 aliphatic heterocycles. The van der Waals surface area contributed by atoms with Crippen molar-refractivity contribution in [2.24, 2.45) is 0 Å². The number of nitrogens with one attached hydrogen (secondary N) is 1. The molecular formula is C21H15FN4O5S3. The number of imide groups is 1. The number of hydrogen-bond donors (Lipinski definition) is 1. The zero-order chi connectivity index (χ0) is 23.9. The van der Waals surface area contributed by atoms with Gasteiger partial charge in [-0.2, -0.15) is 0 Å². The highest BCUT2D eigenvalue weighted by Crippen LogP contribution is 2.31. The second kappa shape index (κ2) is 8.89. The smallest absolute Gasteiger partial charge is 0.286 e. The van der Waals surface area contributed by atoms with Crippen molar-refractivity contribution in [3.63, 3.8) is 0 Å². The highest BCUT2D eigenvalue weighted by molar-refractivity contribution is 8.15. The molecule has 9 nitrogen and oxygen atoms in total. The Labute approximate surface area is 200 Å². The normalized spacial score (nSPS) is 16.3. The Morgan fingerprint density at radius 2 is 1.79 bits per heavy atom. The zero-order valence-corrected chi connectivity index (χ0v) is 19.7. The van der Waals surface area contributed by atoms with Gasteiger partial charge in [-0.1, -0.05) is 42.1 Å². The number of aromatic nitrogens is 3. The fourth-order valence-electron chi connectivity index (χ4n) is 3.44. The van der Waals surface area contributed by atoms with E-state index in [0.717, 1.165) is 28.7 Å². The summed E-state index contributed by atoms with van der Waals surface area (Å²) < 4.78 is 46.0. The Kier molecular flexibility index (Phi) is 5.91. The molecule has 1 fully saturated rings. The molecule has 0 saturated carbocycles. The van der Waals surface area contributed by atoms with Crippen LogP contribution in [0.5, 0.6) is 0 Å². The third-order valence-electron chi connectivity index (χ3n) is 4.92. The average Bonchev–Trinajstić information content (AvgIpc) is 3.47. The third-order valence-corrected chi connectivity index (χ3v) is 8.49. The van der Waals surface area contributed by atoms with Crippen LogP contribution in [0, 0.1) is 5.82 Å². The maximum atomic E-state index is 14.7. The lowest BCUT2D eigenvalue weighted by molar-refractivity contribution is -0.119. The summed E-state index contributed by atoms with van der Waals surface area (Å²) in [7, 11) is -3.75. The average molecular weight is 519 g/mol. The lowest BCUT2D eigenvalue weighted by Gasteiger charge is -2.01. The first-order valence-corrected chi connectivity index (χ1v) is 13.4. The van der Waals surface area contributed by atoms with Crippen LogP contribution in [0.2, 0.25) is 0 Å². The largest absolute Gasteiger partial charge is 0.424 e. The molecule has 13 heteroatoms. The van der Waals surface area contributed by atoms with Crippen LogP contribution < -0.4 is 5.32 Å². The van der Waals surface area contributed by atoms with E-state index in [0.29, 0.717) is 10.3 Å². The molecule has 174 valence electrons. The fraction of sp³-hybridized carbons (Fsp3) is 0.190. The predicted molar refractivity (Wildman–Crippen MR) is 124 cm³/mol. The molecule has 2 aromatic carbocycles. The van der Waals surface area contributed by atoms with Gasteiger partial charge in [-0.15, -0.1) is 21.5 Å². The number of benzene rings is 2. The van der Waals surface area contributed by atoms with Crippen molar-refractivity contribution in [3.8, 4) is 11.1 Å². The number of thiazole rings is 1. The lowest BCUT2D eigenvalue weighted by atomic mass is 10.1. The van der Waals surface area contributed by atoms with Gasteiger partial charge in [0.25, 0.3) is 5.24 Å². The van der Waals surface area contributed by atoms with E-state index >= 15 is 0 Å². The van der Waals surface area contributed by atoms with Gasteiger partial charge < -0.3 is 4.42 Å². The molecule has 1 unspecified atom stereocenters. The number of sulfone groups is 1. The fourth-order valence-corrected chi connectivity index (χ4v) is 6.87. The minimum absolute atomic E-state index is 0.0101. The number of rotatable bonds is 7. The van der Waals surface area contributed by atoms with Gasteiger partial charge in [0, 0.05) is 6.42 Å². The van der Waals surface area contributed by atoms with Crippen LogP contribution in [-0.2, 0) is 32.6 Å². The van der Waals surface area contributed by atoms with E-state index in [1.54, 1.807) is 6.07 Å². The second-order valence-electron chi connectivity index (χ2n) is 7.49. The standard InChI is InChI=1S/C21H15FN4O5S3/c22-13-6-12(11-4-2-1-3-5-11)7-14-19(13)23-18(32-14)10-34(29,30)9-17-26-25-16(31-17)8-15-20(27)24-21(28)33-15/h1-7,15H,8-10H2,(H,24,27,28). The predicted octanol–water partition coefficient (Wildman–Crippen LogP) is 3.49. The maximum absolute atomic E-state index is 14.7. The number of amides is 2. The molecule has 1 atom stereocenters. The molecule has 4 aromatic rings. The summed E-state index contributed by atoms with van der Waals surface area (Å²) >= 11 is 1.92. The van der Waals surface area contributed by atoms with E-state index in [1.807, 2.05) is 30.3 Å². The number of halogens is 1. The molecule has 2 aromatic heterocycles. The Balaban J connectivity index is 1.30. The van der Waals surface area contributed by atoms with Gasteiger partial charge in [-0.05, 0) is 23.3 Å². The molecule has 0 spiro atoms. The summed E-state index contributed by atoms with van der Waals surface area (Å²) in [6.07, 6.45) is 0.0101. The van der Waals surface area contributed by atoms with E-state index in [9.17, 15) is 22.4 Å². The first-order valence-electron chi connectivity index (χ1n) is 9.93. The quantitative estimate of drug-likeness (QED) is 0.390. The number of carbonyl (C=O) groups is 2. The number of carbonyl (C=O) groups excluding carboxylic acids is 2. The number of hydrogen-bond acceptors (Lipinski definition) is 10. The van der Waals surface area contributed by atoms with Gasteiger partial charge in [-0.25, -0.2) is 17.8 Å². The molecule has 0 radical (unpaired) electrons. The van der Waals surface area contributed by atoms with Crippen LogP contribution in [0.15, 0.2) is 46.9 Å². The van der Waals surface area contributed by atoms with Crippen molar-refractivity contribution in [2.45, 2.75) is 23.2 Å². The topological polar surface area (TPSA) is 132 Å². The van der Waals surface area contributed by atoms with Crippen LogP contribution in [0.25, 0.3) is 21.3 Å². The zero-order valence-electron chi connectivity index (χ0n) is 17.2. The Bertz CT molecular complexity index is 1520. The Morgan fingerprint density at radius 1 is 1.03 bits per heavy atom. The van der Waals surface area contributed by atoms with Crippen molar-refractivity contribution < 1.29 is 26.8 Å². The molecule has 2 amide bonds. The monoisotopic (exact) mass is 518 g/mol. The second-order valence-corrected chi connectivity index (χ2v) is 11.8. The molecule has 0 bridgehead atoms. The van der Waals surface area contributed by atoms with E-state index < -0.39 is 43.6 Å². The van der Waals surface area contributed by atoms with Crippen molar-refractivity contribution in [1.82, 2.24) is 20.5 Å². The van der Waals surface area contributed by atoms with Crippen LogP contribution in [0.3, 0.4) is 0 Å². The van der Waals surface area contributed by atoms with E-state index in [4.69, 9.17) is 4.42 Å². The van der Waals surface area contributed by atoms with Crippen molar-refractivity contribution in [3.05, 3.63) is 65.1 Å².